The quantitative estimate of drug-likeness (QED) is 0.695. The third-order valence-electron chi connectivity index (χ3n) is 4.58. The Morgan fingerprint density at radius 2 is 1.67 bits per heavy atom. The van der Waals surface area contributed by atoms with E-state index >= 15 is 0 Å². The lowest BCUT2D eigenvalue weighted by atomic mass is 10.0. The minimum Gasteiger partial charge on any atom is -0.480 e. The summed E-state index contributed by atoms with van der Waals surface area (Å²) in [5.74, 6) is 1.77. The number of nitrogens with zero attached hydrogens (tertiary/aromatic N) is 2. The van der Waals surface area contributed by atoms with Crippen LogP contribution in [0.5, 0.6) is 5.75 Å². The van der Waals surface area contributed by atoms with Crippen LogP contribution in [0.2, 0.25) is 0 Å². The molecule has 0 saturated carbocycles. The Morgan fingerprint density at radius 1 is 0.958 bits per heavy atom. The van der Waals surface area contributed by atoms with E-state index in [0.717, 1.165) is 18.1 Å². The molecule has 120 valence electrons. The zero-order valence-corrected chi connectivity index (χ0v) is 13.7. The third-order valence-corrected chi connectivity index (χ3v) is 4.58. The Labute approximate surface area is 142 Å². The van der Waals surface area contributed by atoms with E-state index in [1.54, 1.807) is 0 Å². The van der Waals surface area contributed by atoms with Gasteiger partial charge >= 0.3 is 0 Å². The SMILES string of the molecule is CC(c1ccccc1)N1CC(c2ccccc2)Oc2cccnc21. The van der Waals surface area contributed by atoms with Crippen molar-refractivity contribution in [2.45, 2.75) is 19.1 Å². The maximum Gasteiger partial charge on any atom is 0.172 e. The molecule has 0 radical (unpaired) electrons. The van der Waals surface area contributed by atoms with Crippen molar-refractivity contribution in [3.8, 4) is 5.75 Å². The van der Waals surface area contributed by atoms with Gasteiger partial charge in [0.05, 0.1) is 12.6 Å². The predicted molar refractivity (Wildman–Crippen MR) is 96.3 cm³/mol. The van der Waals surface area contributed by atoms with Gasteiger partial charge in [0.25, 0.3) is 0 Å². The molecule has 3 heteroatoms. The molecule has 2 atom stereocenters. The van der Waals surface area contributed by atoms with Gasteiger partial charge in [0, 0.05) is 6.20 Å². The number of rotatable bonds is 3. The van der Waals surface area contributed by atoms with E-state index in [9.17, 15) is 0 Å². The minimum atomic E-state index is 0.00839. The highest BCUT2D eigenvalue weighted by molar-refractivity contribution is 5.56. The number of ether oxygens (including phenoxy) is 1. The molecule has 1 aliphatic heterocycles. The molecule has 0 spiro atoms. The molecule has 2 heterocycles. The average Bonchev–Trinajstić information content (AvgIpc) is 2.68. The van der Waals surface area contributed by atoms with Crippen LogP contribution in [0.4, 0.5) is 5.82 Å². The second kappa shape index (κ2) is 6.36. The van der Waals surface area contributed by atoms with E-state index in [-0.39, 0.29) is 12.1 Å². The highest BCUT2D eigenvalue weighted by atomic mass is 16.5. The number of hydrogen-bond donors (Lipinski definition) is 0. The van der Waals surface area contributed by atoms with E-state index in [1.807, 2.05) is 24.4 Å². The lowest BCUT2D eigenvalue weighted by Gasteiger charge is -2.39. The van der Waals surface area contributed by atoms with Crippen LogP contribution in [0, 0.1) is 0 Å². The molecule has 3 aromatic rings. The van der Waals surface area contributed by atoms with Gasteiger partial charge in [0.2, 0.25) is 0 Å². The van der Waals surface area contributed by atoms with Crippen LogP contribution in [0.15, 0.2) is 79.0 Å². The highest BCUT2D eigenvalue weighted by Gasteiger charge is 2.31. The smallest absolute Gasteiger partial charge is 0.172 e. The van der Waals surface area contributed by atoms with Crippen LogP contribution < -0.4 is 9.64 Å². The summed E-state index contributed by atoms with van der Waals surface area (Å²) in [4.78, 5) is 6.92. The molecular formula is C21H20N2O. The lowest BCUT2D eigenvalue weighted by Crippen LogP contribution is -2.37. The summed E-state index contributed by atoms with van der Waals surface area (Å²) < 4.78 is 6.23. The summed E-state index contributed by atoms with van der Waals surface area (Å²) in [5, 5.41) is 0. The average molecular weight is 316 g/mol. The first-order chi connectivity index (χ1) is 11.8. The van der Waals surface area contributed by atoms with Gasteiger partial charge in [-0.15, -0.1) is 0 Å². The fraction of sp³-hybridized carbons (Fsp3) is 0.190. The van der Waals surface area contributed by atoms with Crippen molar-refractivity contribution in [3.05, 3.63) is 90.1 Å². The fourth-order valence-corrected chi connectivity index (χ4v) is 3.24. The summed E-state index contributed by atoms with van der Waals surface area (Å²) in [6, 6.07) is 25.1. The predicted octanol–water partition coefficient (Wildman–Crippen LogP) is 4.78. The van der Waals surface area contributed by atoms with Crippen LogP contribution in [0.3, 0.4) is 0 Å². The number of pyridine rings is 1. The third kappa shape index (κ3) is 2.73. The zero-order chi connectivity index (χ0) is 16.4. The van der Waals surface area contributed by atoms with Gasteiger partial charge in [-0.05, 0) is 30.2 Å². The largest absolute Gasteiger partial charge is 0.480 e. The number of hydrogen-bond acceptors (Lipinski definition) is 3. The van der Waals surface area contributed by atoms with Crippen molar-refractivity contribution < 1.29 is 4.74 Å². The monoisotopic (exact) mass is 316 g/mol. The lowest BCUT2D eigenvalue weighted by molar-refractivity contribution is 0.191. The Morgan fingerprint density at radius 3 is 2.42 bits per heavy atom. The van der Waals surface area contributed by atoms with Crippen LogP contribution in [0.25, 0.3) is 0 Å². The van der Waals surface area contributed by atoms with Gasteiger partial charge in [0.1, 0.15) is 6.10 Å². The van der Waals surface area contributed by atoms with E-state index in [1.165, 1.54) is 11.1 Å². The first-order valence-electron chi connectivity index (χ1n) is 8.31. The van der Waals surface area contributed by atoms with Gasteiger partial charge < -0.3 is 9.64 Å². The molecule has 3 nitrogen and oxygen atoms in total. The first-order valence-corrected chi connectivity index (χ1v) is 8.31. The van der Waals surface area contributed by atoms with Gasteiger partial charge in [0.15, 0.2) is 11.6 Å². The van der Waals surface area contributed by atoms with Crippen molar-refractivity contribution in [3.63, 3.8) is 0 Å². The van der Waals surface area contributed by atoms with E-state index in [4.69, 9.17) is 4.74 Å². The second-order valence-corrected chi connectivity index (χ2v) is 6.08. The molecule has 2 aromatic carbocycles. The van der Waals surface area contributed by atoms with Crippen LogP contribution in [0.1, 0.15) is 30.2 Å². The second-order valence-electron chi connectivity index (χ2n) is 6.08. The molecule has 4 rings (SSSR count). The van der Waals surface area contributed by atoms with Gasteiger partial charge in [-0.25, -0.2) is 4.98 Å². The Bertz CT molecular complexity index is 804. The molecule has 0 saturated heterocycles. The van der Waals surface area contributed by atoms with E-state index in [0.29, 0.717) is 0 Å². The molecule has 0 N–H and O–H groups in total. The molecule has 0 fully saturated rings. The molecule has 0 amide bonds. The van der Waals surface area contributed by atoms with Crippen LogP contribution >= 0.6 is 0 Å². The summed E-state index contributed by atoms with van der Waals surface area (Å²) in [6.45, 7) is 3.01. The van der Waals surface area contributed by atoms with Gasteiger partial charge in [-0.1, -0.05) is 60.7 Å². The summed E-state index contributed by atoms with van der Waals surface area (Å²) in [5.41, 5.74) is 2.47. The van der Waals surface area contributed by atoms with Crippen molar-refractivity contribution in [2.75, 3.05) is 11.4 Å². The van der Waals surface area contributed by atoms with Crippen molar-refractivity contribution in [1.29, 1.82) is 0 Å². The molecule has 2 unspecified atom stereocenters. The standard InChI is InChI=1S/C21H20N2O/c1-16(17-9-4-2-5-10-17)23-15-20(18-11-6-3-7-12-18)24-19-13-8-14-22-21(19)23/h2-14,16,20H,15H2,1H3. The maximum atomic E-state index is 6.23. The molecule has 0 bridgehead atoms. The van der Waals surface area contributed by atoms with Crippen molar-refractivity contribution in [1.82, 2.24) is 4.98 Å². The summed E-state index contributed by atoms with van der Waals surface area (Å²) in [6.07, 6.45) is 1.84. The zero-order valence-electron chi connectivity index (χ0n) is 13.7. The number of benzene rings is 2. The molecule has 24 heavy (non-hydrogen) atoms. The Balaban J connectivity index is 1.72. The van der Waals surface area contributed by atoms with Crippen LogP contribution in [-0.2, 0) is 0 Å². The number of anilines is 1. The van der Waals surface area contributed by atoms with Crippen molar-refractivity contribution in [2.24, 2.45) is 0 Å². The Hall–Kier alpha value is -2.81. The van der Waals surface area contributed by atoms with Crippen molar-refractivity contribution >= 4 is 5.82 Å². The maximum absolute atomic E-state index is 6.23. The molecule has 1 aliphatic rings. The first kappa shape index (κ1) is 14.8. The van der Waals surface area contributed by atoms with E-state index in [2.05, 4.69) is 71.4 Å². The van der Waals surface area contributed by atoms with Gasteiger partial charge in [-0.2, -0.15) is 0 Å². The minimum absolute atomic E-state index is 0.00839. The number of fused-ring (bicyclic) bond motifs is 1. The van der Waals surface area contributed by atoms with Crippen LogP contribution in [-0.4, -0.2) is 11.5 Å². The fourth-order valence-electron chi connectivity index (χ4n) is 3.24. The van der Waals surface area contributed by atoms with Gasteiger partial charge in [-0.3, -0.25) is 0 Å². The summed E-state index contributed by atoms with van der Waals surface area (Å²) in [7, 11) is 0. The number of aromatic nitrogens is 1. The highest BCUT2D eigenvalue weighted by Crippen LogP contribution is 2.40. The molecule has 0 aliphatic carbocycles. The normalized spacial score (nSPS) is 17.7. The molecular weight excluding hydrogens is 296 g/mol. The molecule has 1 aromatic heterocycles. The Kier molecular flexibility index (Phi) is 3.91. The topological polar surface area (TPSA) is 25.4 Å². The van der Waals surface area contributed by atoms with E-state index < -0.39 is 0 Å². The summed E-state index contributed by atoms with van der Waals surface area (Å²) >= 11 is 0.